The zero-order valence-corrected chi connectivity index (χ0v) is 13.8. The maximum atomic E-state index is 12.9. The van der Waals surface area contributed by atoms with Crippen molar-refractivity contribution in [2.45, 2.75) is 20.0 Å². The highest BCUT2D eigenvalue weighted by Crippen LogP contribution is 2.29. The molecule has 1 N–H and O–H groups in total. The SMILES string of the molecule is C/C(NC(=O)c1nn(C)nc1C(F)(F)F)=C(/C)c1ccc(Cl)cc1. The van der Waals surface area contributed by atoms with E-state index in [0.717, 1.165) is 5.56 Å². The van der Waals surface area contributed by atoms with Crippen molar-refractivity contribution in [1.82, 2.24) is 20.3 Å². The lowest BCUT2D eigenvalue weighted by Crippen LogP contribution is -2.25. The van der Waals surface area contributed by atoms with Gasteiger partial charge in [0.1, 0.15) is 0 Å². The maximum Gasteiger partial charge on any atom is 0.437 e. The summed E-state index contributed by atoms with van der Waals surface area (Å²) in [5, 5.41) is 9.70. The molecule has 0 aliphatic carbocycles. The summed E-state index contributed by atoms with van der Waals surface area (Å²) in [6.07, 6.45) is -4.76. The lowest BCUT2D eigenvalue weighted by atomic mass is 10.1. The van der Waals surface area contributed by atoms with E-state index in [1.54, 1.807) is 38.1 Å². The Hall–Kier alpha value is -2.35. The van der Waals surface area contributed by atoms with Crippen LogP contribution < -0.4 is 5.32 Å². The first-order valence-corrected chi connectivity index (χ1v) is 7.20. The average Bonchev–Trinajstić information content (AvgIpc) is 2.89. The van der Waals surface area contributed by atoms with E-state index in [4.69, 9.17) is 11.6 Å². The van der Waals surface area contributed by atoms with Crippen LogP contribution in [0.2, 0.25) is 5.02 Å². The van der Waals surface area contributed by atoms with E-state index in [2.05, 4.69) is 15.5 Å². The number of nitrogens with one attached hydrogen (secondary N) is 1. The molecular formula is C15H14ClF3N4O. The fourth-order valence-corrected chi connectivity index (χ4v) is 2.12. The van der Waals surface area contributed by atoms with Gasteiger partial charge in [-0.25, -0.2) is 0 Å². The number of hydrogen-bond acceptors (Lipinski definition) is 3. The van der Waals surface area contributed by atoms with Gasteiger partial charge in [0.25, 0.3) is 5.91 Å². The largest absolute Gasteiger partial charge is 0.437 e. The Morgan fingerprint density at radius 1 is 1.17 bits per heavy atom. The molecule has 1 heterocycles. The summed E-state index contributed by atoms with van der Waals surface area (Å²) in [5.41, 5.74) is -0.210. The Labute approximate surface area is 141 Å². The average molecular weight is 359 g/mol. The Bertz CT molecular complexity index is 794. The number of halogens is 4. The molecule has 5 nitrogen and oxygen atoms in total. The molecule has 0 saturated carbocycles. The smallest absolute Gasteiger partial charge is 0.324 e. The fraction of sp³-hybridized carbons (Fsp3) is 0.267. The highest BCUT2D eigenvalue weighted by molar-refractivity contribution is 6.30. The van der Waals surface area contributed by atoms with Crippen LogP contribution in [-0.2, 0) is 13.2 Å². The van der Waals surface area contributed by atoms with Crippen molar-refractivity contribution >= 4 is 23.1 Å². The molecule has 0 unspecified atom stereocenters. The zero-order valence-electron chi connectivity index (χ0n) is 13.1. The second-order valence-electron chi connectivity index (χ2n) is 5.10. The summed E-state index contributed by atoms with van der Waals surface area (Å²) in [6.45, 7) is 3.33. The highest BCUT2D eigenvalue weighted by Gasteiger charge is 2.40. The first-order valence-electron chi connectivity index (χ1n) is 6.83. The number of alkyl halides is 3. The van der Waals surface area contributed by atoms with Crippen molar-refractivity contribution in [3.8, 4) is 0 Å². The van der Waals surface area contributed by atoms with Gasteiger partial charge < -0.3 is 5.32 Å². The second-order valence-corrected chi connectivity index (χ2v) is 5.53. The van der Waals surface area contributed by atoms with E-state index >= 15 is 0 Å². The second kappa shape index (κ2) is 6.64. The van der Waals surface area contributed by atoms with Crippen molar-refractivity contribution in [2.24, 2.45) is 7.05 Å². The molecule has 0 bridgehead atoms. The molecule has 0 radical (unpaired) electrons. The molecule has 128 valence electrons. The molecule has 0 aliphatic heterocycles. The zero-order chi connectivity index (χ0) is 18.1. The molecule has 1 amide bonds. The molecule has 0 atom stereocenters. The molecule has 9 heteroatoms. The van der Waals surface area contributed by atoms with Gasteiger partial charge in [0.05, 0.1) is 0 Å². The summed E-state index contributed by atoms with van der Waals surface area (Å²) in [5.74, 6) is -0.971. The van der Waals surface area contributed by atoms with Gasteiger partial charge in [-0.05, 0) is 37.1 Å². The summed E-state index contributed by atoms with van der Waals surface area (Å²) in [7, 11) is 1.22. The van der Waals surface area contributed by atoms with Gasteiger partial charge in [-0.3, -0.25) is 4.79 Å². The Kier molecular flexibility index (Phi) is 4.98. The van der Waals surface area contributed by atoms with Crippen LogP contribution in [0.15, 0.2) is 30.0 Å². The first kappa shape index (κ1) is 18.0. The van der Waals surface area contributed by atoms with Crippen molar-refractivity contribution in [3.63, 3.8) is 0 Å². The predicted molar refractivity (Wildman–Crippen MR) is 83.2 cm³/mol. The van der Waals surface area contributed by atoms with Gasteiger partial charge in [-0.15, -0.1) is 10.2 Å². The number of carbonyl (C=O) groups is 1. The molecular weight excluding hydrogens is 345 g/mol. The fourth-order valence-electron chi connectivity index (χ4n) is 1.99. The predicted octanol–water partition coefficient (Wildman–Crippen LogP) is 3.67. The molecule has 0 saturated heterocycles. The number of hydrogen-bond donors (Lipinski definition) is 1. The highest BCUT2D eigenvalue weighted by atomic mass is 35.5. The minimum atomic E-state index is -4.76. The van der Waals surface area contributed by atoms with Gasteiger partial charge in [-0.2, -0.15) is 18.0 Å². The lowest BCUT2D eigenvalue weighted by molar-refractivity contribution is -0.141. The quantitative estimate of drug-likeness (QED) is 0.910. The van der Waals surface area contributed by atoms with Gasteiger partial charge in [-0.1, -0.05) is 23.7 Å². The van der Waals surface area contributed by atoms with Gasteiger partial charge in [0, 0.05) is 17.8 Å². The van der Waals surface area contributed by atoms with Crippen LogP contribution >= 0.6 is 11.6 Å². The molecule has 1 aromatic carbocycles. The van der Waals surface area contributed by atoms with Crippen molar-refractivity contribution in [3.05, 3.63) is 51.9 Å². The molecule has 0 spiro atoms. The number of benzene rings is 1. The van der Waals surface area contributed by atoms with E-state index in [1.807, 2.05) is 0 Å². The van der Waals surface area contributed by atoms with E-state index in [0.29, 0.717) is 21.1 Å². The van der Waals surface area contributed by atoms with E-state index in [1.165, 1.54) is 7.05 Å². The number of aryl methyl sites for hydroxylation is 1. The summed E-state index contributed by atoms with van der Waals surface area (Å²) in [6, 6.07) is 6.85. The Balaban J connectivity index is 2.29. The number of aromatic nitrogens is 3. The van der Waals surface area contributed by atoms with Crippen LogP contribution in [0.4, 0.5) is 13.2 Å². The number of rotatable bonds is 3. The van der Waals surface area contributed by atoms with Crippen LogP contribution in [0, 0.1) is 0 Å². The lowest BCUT2D eigenvalue weighted by Gasteiger charge is -2.10. The van der Waals surface area contributed by atoms with E-state index < -0.39 is 23.5 Å². The van der Waals surface area contributed by atoms with Crippen LogP contribution in [-0.4, -0.2) is 20.9 Å². The molecule has 2 rings (SSSR count). The van der Waals surface area contributed by atoms with Gasteiger partial charge in [0.15, 0.2) is 11.4 Å². The standard InChI is InChI=1S/C15H14ClF3N4O/c1-8(10-4-6-11(16)7-5-10)9(2)20-14(24)12-13(15(17,18)19)22-23(3)21-12/h4-7H,1-3H3,(H,20,24)/b9-8+. The first-order chi connectivity index (χ1) is 11.1. The number of nitrogens with zero attached hydrogens (tertiary/aromatic N) is 3. The van der Waals surface area contributed by atoms with Crippen molar-refractivity contribution in [2.75, 3.05) is 0 Å². The third kappa shape index (κ3) is 3.94. The van der Waals surface area contributed by atoms with Crippen LogP contribution in [0.25, 0.3) is 5.57 Å². The number of amides is 1. The van der Waals surface area contributed by atoms with Gasteiger partial charge >= 0.3 is 6.18 Å². The Morgan fingerprint density at radius 3 is 2.29 bits per heavy atom. The minimum Gasteiger partial charge on any atom is -0.324 e. The molecule has 0 fully saturated rings. The third-order valence-electron chi connectivity index (χ3n) is 3.34. The topological polar surface area (TPSA) is 59.8 Å². The van der Waals surface area contributed by atoms with Crippen molar-refractivity contribution < 1.29 is 18.0 Å². The van der Waals surface area contributed by atoms with Crippen molar-refractivity contribution in [1.29, 1.82) is 0 Å². The van der Waals surface area contributed by atoms with Crippen LogP contribution in [0.5, 0.6) is 0 Å². The summed E-state index contributed by atoms with van der Waals surface area (Å²) < 4.78 is 38.7. The molecule has 24 heavy (non-hydrogen) atoms. The molecule has 2 aromatic rings. The molecule has 1 aromatic heterocycles. The number of allylic oxidation sites excluding steroid dienone is 2. The van der Waals surface area contributed by atoms with Crippen LogP contribution in [0.1, 0.15) is 35.6 Å². The molecule has 0 aliphatic rings. The maximum absolute atomic E-state index is 12.9. The number of carbonyl (C=O) groups excluding carboxylic acids is 1. The van der Waals surface area contributed by atoms with Gasteiger partial charge in [0.2, 0.25) is 0 Å². The van der Waals surface area contributed by atoms with E-state index in [-0.39, 0.29) is 0 Å². The minimum absolute atomic E-state index is 0.404. The summed E-state index contributed by atoms with van der Waals surface area (Å²) in [4.78, 5) is 12.9. The third-order valence-corrected chi connectivity index (χ3v) is 3.59. The van der Waals surface area contributed by atoms with E-state index in [9.17, 15) is 18.0 Å². The Morgan fingerprint density at radius 2 is 1.75 bits per heavy atom. The summed E-state index contributed by atoms with van der Waals surface area (Å²) >= 11 is 5.81. The normalized spacial score (nSPS) is 12.8. The monoisotopic (exact) mass is 358 g/mol. The van der Waals surface area contributed by atoms with Crippen LogP contribution in [0.3, 0.4) is 0 Å².